The number of hydrogen-bond donors (Lipinski definition) is 0. The van der Waals surface area contributed by atoms with E-state index < -0.39 is 8.07 Å². The summed E-state index contributed by atoms with van der Waals surface area (Å²) in [7, 11) is -2.20. The second-order valence-corrected chi connectivity index (χ2v) is 16.0. The third kappa shape index (κ3) is 3.11. The highest BCUT2D eigenvalue weighted by Gasteiger charge is 2.65. The molecule has 0 radical (unpaired) electrons. The van der Waals surface area contributed by atoms with Crippen LogP contribution >= 0.6 is 0 Å². The molecule has 0 aromatic heterocycles. The van der Waals surface area contributed by atoms with Crippen LogP contribution in [0.5, 0.6) is 0 Å². The van der Waals surface area contributed by atoms with Crippen LogP contribution in [0.15, 0.2) is 140 Å². The summed E-state index contributed by atoms with van der Waals surface area (Å²) in [5.74, 6) is 4.76. The van der Waals surface area contributed by atoms with Crippen molar-refractivity contribution in [3.8, 4) is 0 Å². The van der Waals surface area contributed by atoms with Crippen LogP contribution in [0.2, 0.25) is 17.1 Å². The zero-order valence-corrected chi connectivity index (χ0v) is 21.9. The molecule has 0 spiro atoms. The van der Waals surface area contributed by atoms with Crippen LogP contribution in [0.3, 0.4) is 0 Å². The first-order valence-corrected chi connectivity index (χ1v) is 16.3. The van der Waals surface area contributed by atoms with Crippen molar-refractivity contribution in [2.24, 2.45) is 47.3 Å². The van der Waals surface area contributed by atoms with Gasteiger partial charge in [0.25, 0.3) is 0 Å². The normalized spacial score (nSPS) is 42.0. The van der Waals surface area contributed by atoms with Crippen molar-refractivity contribution in [2.45, 2.75) is 17.1 Å². The third-order valence-electron chi connectivity index (χ3n) is 10.4. The first-order chi connectivity index (χ1) is 17.8. The zero-order chi connectivity index (χ0) is 24.1. The summed E-state index contributed by atoms with van der Waals surface area (Å²) in [4.78, 5) is 0. The van der Waals surface area contributed by atoms with Gasteiger partial charge < -0.3 is 0 Å². The topological polar surface area (TPSA) is 0 Å². The maximum absolute atomic E-state index is 4.44. The van der Waals surface area contributed by atoms with E-state index in [1.807, 2.05) is 0 Å². The van der Waals surface area contributed by atoms with Crippen LogP contribution in [0.25, 0.3) is 0 Å². The van der Waals surface area contributed by atoms with Crippen LogP contribution in [-0.2, 0) is 0 Å². The molecule has 0 saturated heterocycles. The van der Waals surface area contributed by atoms with Gasteiger partial charge in [0.1, 0.15) is 0 Å². The molecule has 0 amide bonds. The summed E-state index contributed by atoms with van der Waals surface area (Å²) in [6, 6.07) is 12.9. The van der Waals surface area contributed by atoms with Gasteiger partial charge in [-0.15, -0.1) is 6.58 Å². The van der Waals surface area contributed by atoms with Gasteiger partial charge in [0, 0.05) is 0 Å². The van der Waals surface area contributed by atoms with Gasteiger partial charge in [0.15, 0.2) is 0 Å². The van der Waals surface area contributed by atoms with Gasteiger partial charge >= 0.3 is 0 Å². The Labute approximate surface area is 217 Å². The predicted molar refractivity (Wildman–Crippen MR) is 155 cm³/mol. The molecule has 6 aliphatic rings. The van der Waals surface area contributed by atoms with Crippen molar-refractivity contribution in [1.82, 2.24) is 0 Å². The van der Waals surface area contributed by atoms with Crippen molar-refractivity contribution in [1.29, 1.82) is 0 Å². The minimum atomic E-state index is -2.20. The SMILES string of the molecule is C=CC[Si](c1ccccc1)(C1C2C=CC=CC2C2C=CC=CC21)C1C2C=CC=CC2C2C=CC=CC21. The van der Waals surface area contributed by atoms with E-state index in [0.717, 1.165) is 6.04 Å². The summed E-state index contributed by atoms with van der Waals surface area (Å²) in [6.07, 6.45) is 41.3. The van der Waals surface area contributed by atoms with Gasteiger partial charge in [-0.3, -0.25) is 0 Å². The predicted octanol–water partition coefficient (Wildman–Crippen LogP) is 7.73. The Balaban J connectivity index is 1.49. The van der Waals surface area contributed by atoms with Crippen molar-refractivity contribution >= 4 is 13.3 Å². The maximum atomic E-state index is 4.44. The molecule has 8 unspecified atom stereocenters. The Morgan fingerprint density at radius 1 is 0.500 bits per heavy atom. The number of rotatable bonds is 5. The van der Waals surface area contributed by atoms with Gasteiger partial charge in [0.05, 0.1) is 8.07 Å². The minimum absolute atomic E-state index is 0.591. The fourth-order valence-corrected chi connectivity index (χ4v) is 16.8. The smallest absolute Gasteiger partial charge is 0.0988 e. The molecule has 0 nitrogen and oxygen atoms in total. The van der Waals surface area contributed by atoms with E-state index in [4.69, 9.17) is 0 Å². The Kier molecular flexibility index (Phi) is 5.51. The molecule has 0 heterocycles. The van der Waals surface area contributed by atoms with E-state index >= 15 is 0 Å². The van der Waals surface area contributed by atoms with Crippen molar-refractivity contribution in [3.63, 3.8) is 0 Å². The standard InChI is InChI=1S/C35H36Si/c1-2-24-36(25-14-4-3-5-15-25,34-30-20-10-6-16-26(30)27-17-7-11-21-31(27)34)35-32-22-12-8-18-28(32)29-19-9-13-23-33(29)35/h2-23,26-35H,1,24H2. The molecule has 0 bridgehead atoms. The van der Waals surface area contributed by atoms with Gasteiger partial charge in [0.2, 0.25) is 0 Å². The zero-order valence-electron chi connectivity index (χ0n) is 20.9. The van der Waals surface area contributed by atoms with Gasteiger partial charge in [-0.1, -0.05) is 139 Å². The summed E-state index contributed by atoms with van der Waals surface area (Å²) in [5.41, 5.74) is 1.30. The molecular formula is C35H36Si. The van der Waals surface area contributed by atoms with Crippen molar-refractivity contribution < 1.29 is 0 Å². The van der Waals surface area contributed by atoms with Crippen LogP contribution in [0.4, 0.5) is 0 Å². The van der Waals surface area contributed by atoms with Crippen LogP contribution in [-0.4, -0.2) is 8.07 Å². The number of hydrogen-bond acceptors (Lipinski definition) is 0. The highest BCUT2D eigenvalue weighted by Crippen LogP contribution is 2.67. The summed E-state index contributed by atoms with van der Waals surface area (Å²) in [5, 5.41) is 1.65. The van der Waals surface area contributed by atoms with Crippen LogP contribution < -0.4 is 5.19 Å². The molecule has 1 aromatic carbocycles. The lowest BCUT2D eigenvalue weighted by atomic mass is 9.83. The molecule has 1 aromatic rings. The Morgan fingerprint density at radius 2 is 0.833 bits per heavy atom. The second kappa shape index (κ2) is 8.89. The van der Waals surface area contributed by atoms with Crippen molar-refractivity contribution in [2.75, 3.05) is 0 Å². The lowest BCUT2D eigenvalue weighted by Crippen LogP contribution is -2.60. The van der Waals surface area contributed by atoms with Gasteiger partial charge in [-0.05, 0) is 64.5 Å². The number of benzene rings is 1. The first-order valence-electron chi connectivity index (χ1n) is 13.9. The molecule has 6 aliphatic carbocycles. The quantitative estimate of drug-likeness (QED) is 0.296. The summed E-state index contributed by atoms with van der Waals surface area (Å²) >= 11 is 0. The van der Waals surface area contributed by atoms with E-state index in [-0.39, 0.29) is 0 Å². The lowest BCUT2D eigenvalue weighted by Gasteiger charge is -2.50. The second-order valence-electron chi connectivity index (χ2n) is 11.6. The third-order valence-corrected chi connectivity index (χ3v) is 16.7. The Bertz CT molecular complexity index is 1110. The van der Waals surface area contributed by atoms with E-state index in [1.165, 1.54) is 0 Å². The Hall–Kier alpha value is -2.90. The minimum Gasteiger partial charge on any atom is -0.103 e. The first kappa shape index (κ1) is 22.3. The molecule has 2 fully saturated rings. The number of allylic oxidation sites excluding steroid dienone is 17. The number of fused-ring (bicyclic) bond motifs is 6. The van der Waals surface area contributed by atoms with Crippen LogP contribution in [0, 0.1) is 47.3 Å². The van der Waals surface area contributed by atoms with Crippen LogP contribution in [0.1, 0.15) is 0 Å². The van der Waals surface area contributed by atoms with E-state index in [9.17, 15) is 0 Å². The summed E-state index contributed by atoms with van der Waals surface area (Å²) in [6.45, 7) is 4.44. The fraction of sp³-hybridized carbons (Fsp3) is 0.314. The average molecular weight is 485 g/mol. The molecule has 2 saturated carbocycles. The molecule has 0 N–H and O–H groups in total. The van der Waals surface area contributed by atoms with Crippen molar-refractivity contribution in [3.05, 3.63) is 140 Å². The highest BCUT2D eigenvalue weighted by molar-refractivity contribution is 6.95. The molecule has 7 rings (SSSR count). The largest absolute Gasteiger partial charge is 0.103 e. The van der Waals surface area contributed by atoms with Gasteiger partial charge in [-0.25, -0.2) is 0 Å². The molecule has 1 heteroatoms. The maximum Gasteiger partial charge on any atom is 0.0988 e. The fourth-order valence-electron chi connectivity index (χ4n) is 9.41. The molecule has 180 valence electrons. The highest BCUT2D eigenvalue weighted by atomic mass is 28.3. The molecule has 36 heavy (non-hydrogen) atoms. The van der Waals surface area contributed by atoms with E-state index in [2.05, 4.69) is 140 Å². The molecular weight excluding hydrogens is 448 g/mol. The molecule has 8 atom stereocenters. The average Bonchev–Trinajstić information content (AvgIpc) is 3.46. The summed E-state index contributed by atoms with van der Waals surface area (Å²) < 4.78 is 0. The monoisotopic (exact) mass is 484 g/mol. The lowest BCUT2D eigenvalue weighted by molar-refractivity contribution is 0.461. The van der Waals surface area contributed by atoms with Gasteiger partial charge in [-0.2, -0.15) is 0 Å². The van der Waals surface area contributed by atoms with E-state index in [0.29, 0.717) is 58.4 Å². The molecule has 0 aliphatic heterocycles. The van der Waals surface area contributed by atoms with E-state index in [1.54, 1.807) is 5.19 Å². The Morgan fingerprint density at radius 3 is 1.17 bits per heavy atom.